The summed E-state index contributed by atoms with van der Waals surface area (Å²) in [6.45, 7) is 1.78. The molecule has 1 aromatic carbocycles. The fourth-order valence-corrected chi connectivity index (χ4v) is 3.98. The fraction of sp³-hybridized carbons (Fsp3) is 0.632. The first-order valence-electron chi connectivity index (χ1n) is 8.84. The number of rotatable bonds is 4. The molecule has 1 saturated carbocycles. The highest BCUT2D eigenvalue weighted by molar-refractivity contribution is 5.80. The van der Waals surface area contributed by atoms with Crippen LogP contribution in [0.5, 0.6) is 5.75 Å². The number of nitrogens with zero attached hydrogens (tertiary/aromatic N) is 1. The van der Waals surface area contributed by atoms with E-state index in [0.717, 1.165) is 57.4 Å². The molecule has 126 valence electrons. The normalized spacial score (nSPS) is 25.6. The molecule has 4 nitrogen and oxygen atoms in total. The molecular weight excluding hydrogens is 288 g/mol. The molecule has 2 fully saturated rings. The maximum atomic E-state index is 12.6. The third-order valence-electron chi connectivity index (χ3n) is 5.50. The Balaban J connectivity index is 1.49. The van der Waals surface area contributed by atoms with E-state index >= 15 is 0 Å². The lowest BCUT2D eigenvalue weighted by Gasteiger charge is -2.34. The van der Waals surface area contributed by atoms with Crippen LogP contribution in [0.2, 0.25) is 0 Å². The van der Waals surface area contributed by atoms with E-state index in [-0.39, 0.29) is 12.0 Å². The van der Waals surface area contributed by atoms with Gasteiger partial charge in [0.25, 0.3) is 0 Å². The van der Waals surface area contributed by atoms with Crippen LogP contribution in [0, 0.1) is 11.8 Å². The van der Waals surface area contributed by atoms with Crippen molar-refractivity contribution >= 4 is 5.91 Å². The second-order valence-corrected chi connectivity index (χ2v) is 7.02. The Morgan fingerprint density at radius 3 is 2.43 bits per heavy atom. The van der Waals surface area contributed by atoms with Crippen molar-refractivity contribution in [2.45, 2.75) is 44.6 Å². The Bertz CT molecular complexity index is 521. The van der Waals surface area contributed by atoms with Crippen LogP contribution in [0.1, 0.15) is 37.7 Å². The minimum atomic E-state index is 0.0770. The highest BCUT2D eigenvalue weighted by atomic mass is 16.5. The van der Waals surface area contributed by atoms with Crippen LogP contribution in [0.15, 0.2) is 24.3 Å². The van der Waals surface area contributed by atoms with Crippen molar-refractivity contribution in [3.05, 3.63) is 29.8 Å². The second-order valence-electron chi connectivity index (χ2n) is 7.02. The summed E-state index contributed by atoms with van der Waals surface area (Å²) in [5.74, 6) is 1.96. The van der Waals surface area contributed by atoms with Gasteiger partial charge in [-0.1, -0.05) is 18.6 Å². The third-order valence-corrected chi connectivity index (χ3v) is 5.50. The molecule has 1 aromatic rings. The zero-order valence-corrected chi connectivity index (χ0v) is 14.0. The van der Waals surface area contributed by atoms with Crippen LogP contribution in [0.25, 0.3) is 0 Å². The molecule has 4 heteroatoms. The summed E-state index contributed by atoms with van der Waals surface area (Å²) in [7, 11) is 1.69. The molecule has 0 aromatic heterocycles. The maximum Gasteiger partial charge on any atom is 0.227 e. The van der Waals surface area contributed by atoms with Gasteiger partial charge in [0.15, 0.2) is 0 Å². The molecule has 1 aliphatic heterocycles. The summed E-state index contributed by atoms with van der Waals surface area (Å²) < 4.78 is 5.20. The first kappa shape index (κ1) is 16.3. The zero-order valence-electron chi connectivity index (χ0n) is 14.0. The minimum absolute atomic E-state index is 0.0770. The van der Waals surface area contributed by atoms with E-state index in [2.05, 4.69) is 17.0 Å². The molecule has 2 atom stereocenters. The van der Waals surface area contributed by atoms with Gasteiger partial charge in [0.1, 0.15) is 5.75 Å². The monoisotopic (exact) mass is 316 g/mol. The number of carbonyl (C=O) groups excluding carboxylic acids is 1. The number of amides is 1. The SMILES string of the molecule is COc1ccc(CC2CCN(C(=O)C3CCCC3N)CC2)cc1. The number of hydrogen-bond acceptors (Lipinski definition) is 3. The van der Waals surface area contributed by atoms with Crippen LogP contribution >= 0.6 is 0 Å². The number of likely N-dealkylation sites (tertiary alicyclic amines) is 1. The Morgan fingerprint density at radius 2 is 1.87 bits per heavy atom. The molecule has 2 unspecified atom stereocenters. The van der Waals surface area contributed by atoms with E-state index in [1.54, 1.807) is 7.11 Å². The first-order valence-corrected chi connectivity index (χ1v) is 8.84. The lowest BCUT2D eigenvalue weighted by molar-refractivity contribution is -0.137. The molecule has 0 spiro atoms. The predicted molar refractivity (Wildman–Crippen MR) is 91.3 cm³/mol. The molecule has 0 radical (unpaired) electrons. The van der Waals surface area contributed by atoms with Gasteiger partial charge in [0.05, 0.1) is 13.0 Å². The van der Waals surface area contributed by atoms with E-state index in [4.69, 9.17) is 10.5 Å². The molecular formula is C19H28N2O2. The highest BCUT2D eigenvalue weighted by Gasteiger charge is 2.34. The Morgan fingerprint density at radius 1 is 1.17 bits per heavy atom. The largest absolute Gasteiger partial charge is 0.497 e. The van der Waals surface area contributed by atoms with Gasteiger partial charge >= 0.3 is 0 Å². The maximum absolute atomic E-state index is 12.6. The molecule has 2 aliphatic rings. The molecule has 1 saturated heterocycles. The molecule has 23 heavy (non-hydrogen) atoms. The topological polar surface area (TPSA) is 55.6 Å². The molecule has 2 N–H and O–H groups in total. The van der Waals surface area contributed by atoms with Crippen molar-refractivity contribution in [3.63, 3.8) is 0 Å². The van der Waals surface area contributed by atoms with Gasteiger partial charge in [-0.25, -0.2) is 0 Å². The van der Waals surface area contributed by atoms with Gasteiger partial charge in [-0.2, -0.15) is 0 Å². The van der Waals surface area contributed by atoms with Crippen LogP contribution in [0.3, 0.4) is 0 Å². The van der Waals surface area contributed by atoms with Crippen molar-refractivity contribution in [1.82, 2.24) is 4.90 Å². The number of nitrogens with two attached hydrogens (primary N) is 1. The minimum Gasteiger partial charge on any atom is -0.497 e. The Kier molecular flexibility index (Phi) is 5.21. The Labute approximate surface area is 139 Å². The first-order chi connectivity index (χ1) is 11.2. The zero-order chi connectivity index (χ0) is 16.2. The molecule has 1 aliphatic carbocycles. The van der Waals surface area contributed by atoms with Crippen molar-refractivity contribution < 1.29 is 9.53 Å². The number of benzene rings is 1. The number of ether oxygens (including phenoxy) is 1. The summed E-state index contributed by atoms with van der Waals surface area (Å²) in [6.07, 6.45) is 6.37. The van der Waals surface area contributed by atoms with E-state index in [1.165, 1.54) is 5.56 Å². The second kappa shape index (κ2) is 7.35. The average Bonchev–Trinajstić information content (AvgIpc) is 3.02. The van der Waals surface area contributed by atoms with E-state index < -0.39 is 0 Å². The summed E-state index contributed by atoms with van der Waals surface area (Å²) in [4.78, 5) is 14.6. The molecule has 0 bridgehead atoms. The quantitative estimate of drug-likeness (QED) is 0.929. The standard InChI is InChI=1S/C19H28N2O2/c1-23-16-7-5-14(6-8-16)13-15-9-11-21(12-10-15)19(22)17-3-2-4-18(17)20/h5-8,15,17-18H,2-4,9-13,20H2,1H3. The van der Waals surface area contributed by atoms with Crippen LogP contribution in [-0.4, -0.2) is 37.0 Å². The van der Waals surface area contributed by atoms with E-state index in [0.29, 0.717) is 11.8 Å². The highest BCUT2D eigenvalue weighted by Crippen LogP contribution is 2.29. The van der Waals surface area contributed by atoms with E-state index in [9.17, 15) is 4.79 Å². The van der Waals surface area contributed by atoms with Crippen LogP contribution < -0.4 is 10.5 Å². The number of piperidine rings is 1. The van der Waals surface area contributed by atoms with Crippen molar-refractivity contribution in [2.75, 3.05) is 20.2 Å². The van der Waals surface area contributed by atoms with E-state index in [1.807, 2.05) is 12.1 Å². The number of hydrogen-bond donors (Lipinski definition) is 1. The lowest BCUT2D eigenvalue weighted by atomic mass is 9.89. The van der Waals surface area contributed by atoms with Gasteiger partial charge in [-0.15, -0.1) is 0 Å². The van der Waals surface area contributed by atoms with Crippen molar-refractivity contribution in [3.8, 4) is 5.75 Å². The predicted octanol–water partition coefficient (Wildman–Crippen LogP) is 2.60. The summed E-state index contributed by atoms with van der Waals surface area (Å²) >= 11 is 0. The molecule has 1 amide bonds. The third kappa shape index (κ3) is 3.86. The molecule has 3 rings (SSSR count). The van der Waals surface area contributed by atoms with Gasteiger partial charge in [-0.05, 0) is 55.7 Å². The van der Waals surface area contributed by atoms with Crippen molar-refractivity contribution in [2.24, 2.45) is 17.6 Å². The molecule has 1 heterocycles. The number of methoxy groups -OCH3 is 1. The van der Waals surface area contributed by atoms with Crippen LogP contribution in [-0.2, 0) is 11.2 Å². The summed E-state index contributed by atoms with van der Waals surface area (Å²) in [5.41, 5.74) is 7.44. The van der Waals surface area contributed by atoms with Gasteiger partial charge in [-0.3, -0.25) is 4.79 Å². The average molecular weight is 316 g/mol. The van der Waals surface area contributed by atoms with Gasteiger partial charge in [0, 0.05) is 19.1 Å². The number of carbonyl (C=O) groups is 1. The van der Waals surface area contributed by atoms with Gasteiger partial charge in [0.2, 0.25) is 5.91 Å². The fourth-order valence-electron chi connectivity index (χ4n) is 3.98. The lowest BCUT2D eigenvalue weighted by Crippen LogP contribution is -2.45. The summed E-state index contributed by atoms with van der Waals surface area (Å²) in [6, 6.07) is 8.42. The van der Waals surface area contributed by atoms with Crippen molar-refractivity contribution in [1.29, 1.82) is 0 Å². The summed E-state index contributed by atoms with van der Waals surface area (Å²) in [5, 5.41) is 0. The van der Waals surface area contributed by atoms with Crippen LogP contribution in [0.4, 0.5) is 0 Å². The van der Waals surface area contributed by atoms with Gasteiger partial charge < -0.3 is 15.4 Å². The smallest absolute Gasteiger partial charge is 0.227 e. The Hall–Kier alpha value is -1.55.